The Bertz CT molecular complexity index is 562. The predicted octanol–water partition coefficient (Wildman–Crippen LogP) is 1.87. The van der Waals surface area contributed by atoms with Crippen LogP contribution in [0.1, 0.15) is 5.56 Å². The third kappa shape index (κ3) is 3.45. The van der Waals surface area contributed by atoms with Crippen molar-refractivity contribution in [3.05, 3.63) is 28.2 Å². The van der Waals surface area contributed by atoms with Gasteiger partial charge in [-0.25, -0.2) is 8.42 Å². The summed E-state index contributed by atoms with van der Waals surface area (Å²) in [4.78, 5) is 1.89. The van der Waals surface area contributed by atoms with Gasteiger partial charge in [-0.15, -0.1) is 0 Å². The lowest BCUT2D eigenvalue weighted by atomic mass is 10.1. The van der Waals surface area contributed by atoms with Crippen molar-refractivity contribution in [2.75, 3.05) is 29.2 Å². The van der Waals surface area contributed by atoms with Gasteiger partial charge >= 0.3 is 0 Å². The third-order valence-electron chi connectivity index (χ3n) is 3.11. The minimum absolute atomic E-state index is 0.0945. The second-order valence-electron chi connectivity index (χ2n) is 4.48. The number of halogens is 1. The van der Waals surface area contributed by atoms with Crippen LogP contribution in [0.25, 0.3) is 0 Å². The van der Waals surface area contributed by atoms with Gasteiger partial charge in [-0.3, -0.25) is 0 Å². The van der Waals surface area contributed by atoms with Gasteiger partial charge in [0, 0.05) is 40.0 Å². The Balaban J connectivity index is 2.45. The number of aliphatic hydroxyl groups excluding tert-OH is 1. The molecule has 0 bridgehead atoms. The molecule has 1 aromatic rings. The first-order valence-electron chi connectivity index (χ1n) is 5.86. The molecule has 1 atom stereocenters. The zero-order chi connectivity index (χ0) is 14.0. The molecule has 0 aliphatic carbocycles. The summed E-state index contributed by atoms with van der Waals surface area (Å²) < 4.78 is 24.7. The molecule has 1 unspecified atom stereocenters. The Labute approximate surface area is 126 Å². The Morgan fingerprint density at radius 3 is 2.89 bits per heavy atom. The van der Waals surface area contributed by atoms with Gasteiger partial charge < -0.3 is 10.0 Å². The highest BCUT2D eigenvalue weighted by molar-refractivity contribution is 9.10. The van der Waals surface area contributed by atoms with Crippen molar-refractivity contribution >= 4 is 43.2 Å². The van der Waals surface area contributed by atoms with Crippen molar-refractivity contribution in [1.29, 1.82) is 0 Å². The summed E-state index contributed by atoms with van der Waals surface area (Å²) >= 11 is 5.05. The van der Waals surface area contributed by atoms with Gasteiger partial charge in [-0.1, -0.05) is 22.0 Å². The molecule has 0 spiro atoms. The van der Waals surface area contributed by atoms with Crippen molar-refractivity contribution in [2.24, 2.45) is 0 Å². The second-order valence-corrected chi connectivity index (χ2v) is 8.75. The topological polar surface area (TPSA) is 57.6 Å². The van der Waals surface area contributed by atoms with Gasteiger partial charge in [-0.2, -0.15) is 11.8 Å². The van der Waals surface area contributed by atoms with Crippen LogP contribution in [0.5, 0.6) is 0 Å². The van der Waals surface area contributed by atoms with Crippen LogP contribution in [0.3, 0.4) is 0 Å². The lowest BCUT2D eigenvalue weighted by Crippen LogP contribution is -2.47. The van der Waals surface area contributed by atoms with Crippen molar-refractivity contribution in [3.8, 4) is 0 Å². The van der Waals surface area contributed by atoms with Gasteiger partial charge in [0.25, 0.3) is 0 Å². The van der Waals surface area contributed by atoms with Gasteiger partial charge in [0.1, 0.15) is 5.37 Å². The SMILES string of the molecule is CS(=O)(=O)C1CSCCN1c1cc(Br)ccc1CO. The fourth-order valence-electron chi connectivity index (χ4n) is 2.15. The average Bonchev–Trinajstić information content (AvgIpc) is 2.37. The molecule has 0 radical (unpaired) electrons. The van der Waals surface area contributed by atoms with Crippen LogP contribution in [-0.2, 0) is 16.4 Å². The predicted molar refractivity (Wildman–Crippen MR) is 83.4 cm³/mol. The number of rotatable bonds is 3. The average molecular weight is 366 g/mol. The fourth-order valence-corrected chi connectivity index (χ4v) is 5.33. The molecular weight excluding hydrogens is 350 g/mol. The highest BCUT2D eigenvalue weighted by Crippen LogP contribution is 2.31. The number of aliphatic hydroxyl groups is 1. The monoisotopic (exact) mass is 365 g/mol. The molecular formula is C12H16BrNO3S2. The number of sulfone groups is 1. The van der Waals surface area contributed by atoms with E-state index in [4.69, 9.17) is 0 Å². The minimum Gasteiger partial charge on any atom is -0.392 e. The Morgan fingerprint density at radius 1 is 1.53 bits per heavy atom. The van der Waals surface area contributed by atoms with Gasteiger partial charge in [-0.05, 0) is 12.1 Å². The zero-order valence-corrected chi connectivity index (χ0v) is 13.8. The molecule has 1 aromatic carbocycles. The first-order valence-corrected chi connectivity index (χ1v) is 9.76. The summed E-state index contributed by atoms with van der Waals surface area (Å²) in [6.07, 6.45) is 1.27. The van der Waals surface area contributed by atoms with Crippen molar-refractivity contribution in [1.82, 2.24) is 0 Å². The van der Waals surface area contributed by atoms with E-state index in [0.29, 0.717) is 12.3 Å². The van der Waals surface area contributed by atoms with Crippen LogP contribution in [0.4, 0.5) is 5.69 Å². The molecule has 1 aliphatic heterocycles. The van der Waals surface area contributed by atoms with E-state index in [0.717, 1.165) is 21.5 Å². The van der Waals surface area contributed by atoms with Crippen molar-refractivity contribution < 1.29 is 13.5 Å². The van der Waals surface area contributed by atoms with Crippen molar-refractivity contribution in [2.45, 2.75) is 12.0 Å². The molecule has 7 heteroatoms. The summed E-state index contributed by atoms with van der Waals surface area (Å²) in [5.74, 6) is 1.46. The maximum Gasteiger partial charge on any atom is 0.169 e. The molecule has 1 fully saturated rings. The van der Waals surface area contributed by atoms with E-state index < -0.39 is 15.2 Å². The van der Waals surface area contributed by atoms with E-state index in [1.54, 1.807) is 11.8 Å². The molecule has 0 saturated carbocycles. The maximum atomic E-state index is 11.9. The van der Waals surface area contributed by atoms with Crippen LogP contribution < -0.4 is 4.90 Å². The van der Waals surface area contributed by atoms with Gasteiger partial charge in [0.05, 0.1) is 6.61 Å². The van der Waals surface area contributed by atoms with E-state index in [1.807, 2.05) is 23.1 Å². The Hall–Kier alpha value is -0.240. The quantitative estimate of drug-likeness (QED) is 0.885. The number of hydrogen-bond acceptors (Lipinski definition) is 5. The molecule has 19 heavy (non-hydrogen) atoms. The molecule has 1 saturated heterocycles. The normalized spacial score (nSPS) is 20.6. The molecule has 106 valence electrons. The van der Waals surface area contributed by atoms with E-state index in [9.17, 15) is 13.5 Å². The standard InChI is InChI=1S/C12H16BrNO3S2/c1-19(16,17)12-8-18-5-4-14(12)11-6-10(13)3-2-9(11)7-15/h2-3,6,12,15H,4-5,7-8H2,1H3. The molecule has 1 N–H and O–H groups in total. The fraction of sp³-hybridized carbons (Fsp3) is 0.500. The number of thioether (sulfide) groups is 1. The first kappa shape index (κ1) is 15.2. The van der Waals surface area contributed by atoms with E-state index in [-0.39, 0.29) is 6.61 Å². The largest absolute Gasteiger partial charge is 0.392 e. The molecule has 2 rings (SSSR count). The van der Waals surface area contributed by atoms with Crippen LogP contribution in [-0.4, -0.2) is 43.2 Å². The highest BCUT2D eigenvalue weighted by atomic mass is 79.9. The molecule has 1 heterocycles. The minimum atomic E-state index is -3.15. The Morgan fingerprint density at radius 2 is 2.26 bits per heavy atom. The Kier molecular flexibility index (Phi) is 4.81. The van der Waals surface area contributed by atoms with E-state index in [1.165, 1.54) is 6.26 Å². The molecule has 4 nitrogen and oxygen atoms in total. The van der Waals surface area contributed by atoms with Gasteiger partial charge in [0.2, 0.25) is 0 Å². The first-order chi connectivity index (χ1) is 8.93. The molecule has 1 aliphatic rings. The third-order valence-corrected chi connectivity index (χ3v) is 6.24. The summed E-state index contributed by atoms with van der Waals surface area (Å²) in [6, 6.07) is 5.55. The van der Waals surface area contributed by atoms with Crippen molar-refractivity contribution in [3.63, 3.8) is 0 Å². The zero-order valence-electron chi connectivity index (χ0n) is 10.5. The van der Waals surface area contributed by atoms with E-state index >= 15 is 0 Å². The highest BCUT2D eigenvalue weighted by Gasteiger charge is 2.32. The summed E-state index contributed by atoms with van der Waals surface area (Å²) in [7, 11) is -3.15. The van der Waals surface area contributed by atoms with Crippen LogP contribution in [0.2, 0.25) is 0 Å². The summed E-state index contributed by atoms with van der Waals surface area (Å²) in [5.41, 5.74) is 1.55. The number of hydrogen-bond donors (Lipinski definition) is 1. The summed E-state index contributed by atoms with van der Waals surface area (Å²) in [6.45, 7) is 0.578. The number of nitrogens with zero attached hydrogens (tertiary/aromatic N) is 1. The lowest BCUT2D eigenvalue weighted by Gasteiger charge is -2.37. The maximum absolute atomic E-state index is 11.9. The van der Waals surface area contributed by atoms with Crippen LogP contribution in [0, 0.1) is 0 Å². The summed E-state index contributed by atoms with van der Waals surface area (Å²) in [5, 5.41) is 8.91. The van der Waals surface area contributed by atoms with E-state index in [2.05, 4.69) is 15.9 Å². The number of anilines is 1. The lowest BCUT2D eigenvalue weighted by molar-refractivity contribution is 0.282. The molecule has 0 amide bonds. The molecule has 0 aromatic heterocycles. The smallest absolute Gasteiger partial charge is 0.169 e. The van der Waals surface area contributed by atoms with Crippen LogP contribution >= 0.6 is 27.7 Å². The van der Waals surface area contributed by atoms with Gasteiger partial charge in [0.15, 0.2) is 9.84 Å². The number of benzene rings is 1. The second kappa shape index (κ2) is 6.03. The van der Waals surface area contributed by atoms with Crippen LogP contribution in [0.15, 0.2) is 22.7 Å².